The van der Waals surface area contributed by atoms with Crippen molar-refractivity contribution in [3.8, 4) is 0 Å². The maximum atomic E-state index is 13.8. The molecule has 1 saturated heterocycles. The fraction of sp³-hybridized carbons (Fsp3) is 0.733. The van der Waals surface area contributed by atoms with Gasteiger partial charge in [-0.3, -0.25) is 4.79 Å². The van der Waals surface area contributed by atoms with Crippen LogP contribution in [0.4, 0.5) is 4.79 Å². The number of rotatable bonds is 16. The molecule has 7 heteroatoms. The van der Waals surface area contributed by atoms with Crippen LogP contribution in [0.1, 0.15) is 97.5 Å². The van der Waals surface area contributed by atoms with Gasteiger partial charge < -0.3 is 14.3 Å². The standard InChI is InChI=1S/C30H51NO5Si/c1-7-8-9-14-19-26(32)20-15-11-16-21-27(36-37(5,6)30(2,3)4)28(33)31-25(23-35-29(31)34)22-24-17-12-10-13-18-24/h10,12-13,17-18,25-27,32H,7-9,11,14-16,19-23H2,1-6H3/t25-,26-,27-/m1/s1. The van der Waals surface area contributed by atoms with Gasteiger partial charge >= 0.3 is 6.09 Å². The molecular formula is C30H51NO5Si. The van der Waals surface area contributed by atoms with Gasteiger partial charge in [-0.15, -0.1) is 0 Å². The first-order valence-corrected chi connectivity index (χ1v) is 17.3. The molecule has 1 aromatic carbocycles. The third-order valence-electron chi connectivity index (χ3n) is 7.93. The molecule has 6 nitrogen and oxygen atoms in total. The first-order chi connectivity index (χ1) is 17.5. The van der Waals surface area contributed by atoms with Gasteiger partial charge in [-0.1, -0.05) is 103 Å². The molecule has 1 N–H and O–H groups in total. The number of amides is 2. The number of ether oxygens (including phenoxy) is 1. The van der Waals surface area contributed by atoms with E-state index in [0.717, 1.165) is 44.1 Å². The molecule has 0 unspecified atom stereocenters. The second-order valence-electron chi connectivity index (χ2n) is 12.1. The zero-order chi connectivity index (χ0) is 27.5. The van der Waals surface area contributed by atoms with E-state index >= 15 is 0 Å². The summed E-state index contributed by atoms with van der Waals surface area (Å²) in [6, 6.07) is 9.57. The smallest absolute Gasteiger partial charge is 0.417 e. The summed E-state index contributed by atoms with van der Waals surface area (Å²) in [4.78, 5) is 27.8. The van der Waals surface area contributed by atoms with Crippen LogP contribution in [0.3, 0.4) is 0 Å². The van der Waals surface area contributed by atoms with Crippen LogP contribution in [0.5, 0.6) is 0 Å². The van der Waals surface area contributed by atoms with Crippen molar-refractivity contribution in [3.63, 3.8) is 0 Å². The number of benzene rings is 1. The van der Waals surface area contributed by atoms with E-state index < -0.39 is 20.5 Å². The highest BCUT2D eigenvalue weighted by Gasteiger charge is 2.45. The van der Waals surface area contributed by atoms with E-state index in [1.807, 2.05) is 30.3 Å². The largest absolute Gasteiger partial charge is 0.447 e. The fourth-order valence-electron chi connectivity index (χ4n) is 4.52. The topological polar surface area (TPSA) is 76.1 Å². The lowest BCUT2D eigenvalue weighted by molar-refractivity contribution is -0.137. The van der Waals surface area contributed by atoms with Gasteiger partial charge in [0.1, 0.15) is 12.7 Å². The van der Waals surface area contributed by atoms with E-state index in [1.54, 1.807) is 0 Å². The Balaban J connectivity index is 2.00. The highest BCUT2D eigenvalue weighted by atomic mass is 28.4. The molecule has 2 rings (SSSR count). The van der Waals surface area contributed by atoms with Crippen molar-refractivity contribution in [1.29, 1.82) is 0 Å². The minimum atomic E-state index is -2.25. The number of aliphatic hydroxyl groups excluding tert-OH is 1. The van der Waals surface area contributed by atoms with Crippen LogP contribution in [-0.4, -0.2) is 55.2 Å². The van der Waals surface area contributed by atoms with Crippen LogP contribution in [0, 0.1) is 0 Å². The van der Waals surface area contributed by atoms with Gasteiger partial charge in [0, 0.05) is 0 Å². The van der Waals surface area contributed by atoms with E-state index in [9.17, 15) is 14.7 Å². The number of hydrogen-bond acceptors (Lipinski definition) is 5. The Bertz CT molecular complexity index is 823. The molecule has 1 aromatic rings. The van der Waals surface area contributed by atoms with Gasteiger partial charge in [-0.05, 0) is 49.4 Å². The van der Waals surface area contributed by atoms with Crippen molar-refractivity contribution in [2.24, 2.45) is 0 Å². The second kappa shape index (κ2) is 15.0. The van der Waals surface area contributed by atoms with Gasteiger partial charge in [0.2, 0.25) is 0 Å². The molecule has 1 aliphatic rings. The van der Waals surface area contributed by atoms with E-state index in [1.165, 1.54) is 24.2 Å². The summed E-state index contributed by atoms with van der Waals surface area (Å²) in [5.41, 5.74) is 1.07. The summed E-state index contributed by atoms with van der Waals surface area (Å²) in [5, 5.41) is 10.2. The molecular weight excluding hydrogens is 482 g/mol. The molecule has 0 radical (unpaired) electrons. The highest BCUT2D eigenvalue weighted by molar-refractivity contribution is 6.74. The van der Waals surface area contributed by atoms with Crippen molar-refractivity contribution < 1.29 is 23.9 Å². The maximum absolute atomic E-state index is 13.8. The second-order valence-corrected chi connectivity index (χ2v) is 16.9. The number of cyclic esters (lactones) is 1. The molecule has 37 heavy (non-hydrogen) atoms. The molecule has 210 valence electrons. The lowest BCUT2D eigenvalue weighted by Gasteiger charge is -2.39. The lowest BCUT2D eigenvalue weighted by Crippen LogP contribution is -2.52. The van der Waals surface area contributed by atoms with Crippen molar-refractivity contribution >= 4 is 20.3 Å². The predicted molar refractivity (Wildman–Crippen MR) is 152 cm³/mol. The molecule has 1 heterocycles. The van der Waals surface area contributed by atoms with Gasteiger partial charge in [0.15, 0.2) is 8.32 Å². The van der Waals surface area contributed by atoms with Gasteiger partial charge in [-0.25, -0.2) is 9.69 Å². The van der Waals surface area contributed by atoms with Crippen LogP contribution in [0.15, 0.2) is 30.3 Å². The Morgan fingerprint density at radius 3 is 2.24 bits per heavy atom. The Hall–Kier alpha value is -1.70. The third-order valence-corrected chi connectivity index (χ3v) is 12.4. The van der Waals surface area contributed by atoms with Gasteiger partial charge in [-0.2, -0.15) is 0 Å². The quantitative estimate of drug-likeness (QED) is 0.179. The number of carbonyl (C=O) groups is 2. The van der Waals surface area contributed by atoms with E-state index in [0.29, 0.717) is 12.8 Å². The van der Waals surface area contributed by atoms with Crippen molar-refractivity contribution in [3.05, 3.63) is 35.9 Å². The normalized spacial score (nSPS) is 18.1. The molecule has 0 saturated carbocycles. The van der Waals surface area contributed by atoms with Crippen molar-refractivity contribution in [1.82, 2.24) is 4.90 Å². The first-order valence-electron chi connectivity index (χ1n) is 14.4. The predicted octanol–water partition coefficient (Wildman–Crippen LogP) is 7.25. The molecule has 0 aliphatic carbocycles. The van der Waals surface area contributed by atoms with Crippen LogP contribution in [0.2, 0.25) is 18.1 Å². The molecule has 2 amide bonds. The summed E-state index contributed by atoms with van der Waals surface area (Å²) in [6.07, 6.45) is 8.71. The Labute approximate surface area is 226 Å². The van der Waals surface area contributed by atoms with E-state index in [4.69, 9.17) is 9.16 Å². The number of carbonyl (C=O) groups excluding carboxylic acids is 2. The Kier molecular flexibility index (Phi) is 12.8. The summed E-state index contributed by atoms with van der Waals surface area (Å²) in [6.45, 7) is 13.2. The summed E-state index contributed by atoms with van der Waals surface area (Å²) < 4.78 is 11.9. The number of nitrogens with zero attached hydrogens (tertiary/aromatic N) is 1. The molecule has 3 atom stereocenters. The zero-order valence-corrected chi connectivity index (χ0v) is 25.1. The Morgan fingerprint density at radius 1 is 1.05 bits per heavy atom. The zero-order valence-electron chi connectivity index (χ0n) is 24.1. The fourth-order valence-corrected chi connectivity index (χ4v) is 5.81. The Morgan fingerprint density at radius 2 is 1.65 bits per heavy atom. The highest BCUT2D eigenvalue weighted by Crippen LogP contribution is 2.38. The van der Waals surface area contributed by atoms with Crippen LogP contribution in [-0.2, 0) is 20.4 Å². The number of imide groups is 1. The van der Waals surface area contributed by atoms with Crippen molar-refractivity contribution in [2.45, 2.75) is 135 Å². The van der Waals surface area contributed by atoms with E-state index in [-0.39, 0.29) is 29.7 Å². The summed E-state index contributed by atoms with van der Waals surface area (Å²) in [5.74, 6) is -0.274. The van der Waals surface area contributed by atoms with Gasteiger partial charge in [0.05, 0.1) is 12.1 Å². The molecule has 0 aromatic heterocycles. The minimum Gasteiger partial charge on any atom is -0.447 e. The third kappa shape index (κ3) is 10.2. The van der Waals surface area contributed by atoms with Crippen LogP contribution >= 0.6 is 0 Å². The lowest BCUT2D eigenvalue weighted by atomic mass is 10.0. The average Bonchev–Trinajstić information content (AvgIpc) is 3.19. The molecule has 0 spiro atoms. The van der Waals surface area contributed by atoms with Crippen LogP contribution < -0.4 is 0 Å². The summed E-state index contributed by atoms with van der Waals surface area (Å²) >= 11 is 0. The molecule has 0 bridgehead atoms. The average molecular weight is 534 g/mol. The first kappa shape index (κ1) is 31.5. The monoisotopic (exact) mass is 533 g/mol. The number of unbranched alkanes of at least 4 members (excludes halogenated alkanes) is 5. The molecule has 1 fully saturated rings. The van der Waals surface area contributed by atoms with Gasteiger partial charge in [0.25, 0.3) is 5.91 Å². The van der Waals surface area contributed by atoms with Crippen molar-refractivity contribution in [2.75, 3.05) is 6.61 Å². The SMILES string of the molecule is CCCCCC[C@@H](O)CCCCC[C@@H](O[Si](C)(C)C(C)(C)C)C(=O)N1C(=O)OC[C@H]1Cc1ccccc1. The van der Waals surface area contributed by atoms with Crippen LogP contribution in [0.25, 0.3) is 0 Å². The number of aliphatic hydroxyl groups is 1. The minimum absolute atomic E-state index is 0.0532. The maximum Gasteiger partial charge on any atom is 0.417 e. The summed E-state index contributed by atoms with van der Waals surface area (Å²) in [7, 11) is -2.25. The van der Waals surface area contributed by atoms with E-state index in [2.05, 4.69) is 40.8 Å². The number of hydrogen-bond donors (Lipinski definition) is 1. The molecule has 1 aliphatic heterocycles.